The lowest BCUT2D eigenvalue weighted by molar-refractivity contribution is 0.0769. The summed E-state index contributed by atoms with van der Waals surface area (Å²) in [6.45, 7) is 14.5. The van der Waals surface area contributed by atoms with E-state index >= 15 is 0 Å². The minimum atomic E-state index is -1.09. The molecule has 5 nitrogen and oxygen atoms in total. The van der Waals surface area contributed by atoms with E-state index in [1.807, 2.05) is 23.9 Å². The monoisotopic (exact) mass is 416 g/mol. The van der Waals surface area contributed by atoms with Gasteiger partial charge >= 0.3 is 0 Å². The van der Waals surface area contributed by atoms with Crippen LogP contribution in [0.3, 0.4) is 0 Å². The Morgan fingerprint density at radius 2 is 1.93 bits per heavy atom. The molecule has 0 aliphatic rings. The Morgan fingerprint density at radius 3 is 2.61 bits per heavy atom. The summed E-state index contributed by atoms with van der Waals surface area (Å²) in [6, 6.07) is 7.29. The highest BCUT2D eigenvalue weighted by Gasteiger charge is 2.16. The van der Waals surface area contributed by atoms with Gasteiger partial charge in [0.25, 0.3) is 0 Å². The maximum Gasteiger partial charge on any atom is 0.182 e. The van der Waals surface area contributed by atoms with Crippen molar-refractivity contribution >= 4 is 30.4 Å². The van der Waals surface area contributed by atoms with E-state index in [4.69, 9.17) is 21.4 Å². The van der Waals surface area contributed by atoms with E-state index in [1.165, 1.54) is 5.56 Å². The number of ether oxygens (including phenoxy) is 1. The first-order chi connectivity index (χ1) is 13.2. The second-order valence-electron chi connectivity index (χ2n) is 8.74. The number of aryl methyl sites for hydroxylation is 1. The summed E-state index contributed by atoms with van der Waals surface area (Å²) in [4.78, 5) is 8.96. The molecule has 1 aromatic carbocycles. The molecule has 0 spiro atoms. The number of nitrogens with zero attached hydrogens (tertiary/aromatic N) is 4. The van der Waals surface area contributed by atoms with E-state index in [0.29, 0.717) is 23.6 Å². The van der Waals surface area contributed by atoms with Crippen LogP contribution >= 0.6 is 11.6 Å². The minimum absolute atomic E-state index is 0.391. The third-order valence-electron chi connectivity index (χ3n) is 4.83. The molecule has 0 bridgehead atoms. The first kappa shape index (κ1) is 21.0. The predicted molar refractivity (Wildman–Crippen MR) is 119 cm³/mol. The third-order valence-corrected chi connectivity index (χ3v) is 6.74. The Kier molecular flexibility index (Phi) is 6.22. The van der Waals surface area contributed by atoms with E-state index in [9.17, 15) is 0 Å². The van der Waals surface area contributed by atoms with Crippen molar-refractivity contribution in [1.29, 1.82) is 0 Å². The summed E-state index contributed by atoms with van der Waals surface area (Å²) in [5, 5.41) is 7.31. The number of fused-ring (bicyclic) bond motifs is 1. The summed E-state index contributed by atoms with van der Waals surface area (Å²) >= 11 is 6.17. The van der Waals surface area contributed by atoms with Gasteiger partial charge in [-0.1, -0.05) is 57.2 Å². The molecule has 0 amide bonds. The van der Waals surface area contributed by atoms with Crippen LogP contribution in [0.5, 0.6) is 0 Å². The van der Waals surface area contributed by atoms with E-state index in [2.05, 4.69) is 55.6 Å². The Hall–Kier alpha value is -1.76. The summed E-state index contributed by atoms with van der Waals surface area (Å²) in [6.07, 6.45) is 1.82. The van der Waals surface area contributed by atoms with Crippen LogP contribution in [0.25, 0.3) is 22.2 Å². The first-order valence-corrected chi connectivity index (χ1v) is 13.8. The molecule has 0 radical (unpaired) electrons. The van der Waals surface area contributed by atoms with Gasteiger partial charge in [-0.25, -0.2) is 14.6 Å². The van der Waals surface area contributed by atoms with Crippen molar-refractivity contribution in [3.05, 3.63) is 40.9 Å². The average molecular weight is 417 g/mol. The van der Waals surface area contributed by atoms with Crippen molar-refractivity contribution in [2.45, 2.75) is 59.1 Å². The lowest BCUT2D eigenvalue weighted by Crippen LogP contribution is -2.22. The Balaban J connectivity index is 1.90. The van der Waals surface area contributed by atoms with Gasteiger partial charge in [-0.05, 0) is 35.9 Å². The molecule has 3 aromatic rings. The van der Waals surface area contributed by atoms with Gasteiger partial charge in [-0.2, -0.15) is 0 Å². The highest BCUT2D eigenvalue weighted by molar-refractivity contribution is 6.76. The highest BCUT2D eigenvalue weighted by atomic mass is 35.5. The van der Waals surface area contributed by atoms with Gasteiger partial charge in [0.2, 0.25) is 0 Å². The fourth-order valence-electron chi connectivity index (χ4n) is 3.12. The van der Waals surface area contributed by atoms with E-state index in [0.717, 1.165) is 34.8 Å². The molecular weight excluding hydrogens is 388 g/mol. The molecule has 0 unspecified atom stereocenters. The summed E-state index contributed by atoms with van der Waals surface area (Å²) < 4.78 is 7.67. The summed E-state index contributed by atoms with van der Waals surface area (Å²) in [5.41, 5.74) is 2.21. The van der Waals surface area contributed by atoms with Gasteiger partial charge in [-0.3, -0.25) is 0 Å². The average Bonchev–Trinajstić information content (AvgIpc) is 2.97. The maximum absolute atomic E-state index is 6.17. The van der Waals surface area contributed by atoms with Crippen molar-refractivity contribution in [3.63, 3.8) is 0 Å². The number of hydrogen-bond donors (Lipinski definition) is 0. The minimum Gasteiger partial charge on any atom is -0.359 e. The topological polar surface area (TPSA) is 52.8 Å². The molecule has 150 valence electrons. The number of rotatable bonds is 7. The first-order valence-electron chi connectivity index (χ1n) is 9.73. The molecular formula is C21H29ClN4OSi. The number of hydrogen-bond acceptors (Lipinski definition) is 4. The van der Waals surface area contributed by atoms with Gasteiger partial charge in [0, 0.05) is 31.8 Å². The lowest BCUT2D eigenvalue weighted by atomic mass is 9.94. The third kappa shape index (κ3) is 4.80. The molecule has 0 aliphatic carbocycles. The second kappa shape index (κ2) is 8.31. The standard InChI is InChI=1S/C21H29ClN4OSi/c1-14(2)16-7-8-17(19-12-23-20(22)11-18(16)19)21-24-15(3)26(25-21)13-27-9-10-28(4,5)6/h7-8,11-12,14H,9-10,13H2,1-6H3. The SMILES string of the molecule is Cc1nc(-c2ccc(C(C)C)c3cc(Cl)ncc23)nn1COCC[Si](C)(C)C. The van der Waals surface area contributed by atoms with Crippen molar-refractivity contribution in [2.24, 2.45) is 0 Å². The van der Waals surface area contributed by atoms with Crippen LogP contribution in [-0.4, -0.2) is 34.4 Å². The van der Waals surface area contributed by atoms with Crippen LogP contribution in [0, 0.1) is 6.92 Å². The molecule has 0 atom stereocenters. The van der Waals surface area contributed by atoms with Gasteiger partial charge in [0.1, 0.15) is 17.7 Å². The number of pyridine rings is 1. The molecule has 0 saturated carbocycles. The fourth-order valence-corrected chi connectivity index (χ4v) is 4.03. The van der Waals surface area contributed by atoms with Gasteiger partial charge in [0.15, 0.2) is 5.82 Å². The van der Waals surface area contributed by atoms with Crippen LogP contribution in [0.15, 0.2) is 24.4 Å². The zero-order valence-electron chi connectivity index (χ0n) is 17.6. The van der Waals surface area contributed by atoms with Gasteiger partial charge in [-0.15, -0.1) is 5.10 Å². The van der Waals surface area contributed by atoms with Crippen LogP contribution in [-0.2, 0) is 11.5 Å². The zero-order chi connectivity index (χ0) is 20.5. The highest BCUT2D eigenvalue weighted by Crippen LogP contribution is 2.33. The fraction of sp³-hybridized carbons (Fsp3) is 0.476. The zero-order valence-corrected chi connectivity index (χ0v) is 19.3. The normalized spacial score (nSPS) is 12.3. The van der Waals surface area contributed by atoms with Gasteiger partial charge < -0.3 is 4.74 Å². The quantitative estimate of drug-likeness (QED) is 0.273. The maximum atomic E-state index is 6.17. The Morgan fingerprint density at radius 1 is 1.18 bits per heavy atom. The largest absolute Gasteiger partial charge is 0.359 e. The molecule has 0 saturated heterocycles. The molecule has 0 aliphatic heterocycles. The Bertz CT molecular complexity index is 978. The summed E-state index contributed by atoms with van der Waals surface area (Å²) in [7, 11) is -1.09. The van der Waals surface area contributed by atoms with E-state index < -0.39 is 8.07 Å². The molecule has 3 rings (SSSR count). The van der Waals surface area contributed by atoms with Crippen LogP contribution in [0.1, 0.15) is 31.2 Å². The van der Waals surface area contributed by atoms with Crippen LogP contribution in [0.2, 0.25) is 30.8 Å². The van der Waals surface area contributed by atoms with E-state index in [1.54, 1.807) is 0 Å². The molecule has 0 N–H and O–H groups in total. The number of aromatic nitrogens is 4. The molecule has 0 fully saturated rings. The second-order valence-corrected chi connectivity index (χ2v) is 14.7. The van der Waals surface area contributed by atoms with Crippen LogP contribution in [0.4, 0.5) is 0 Å². The molecule has 2 heterocycles. The van der Waals surface area contributed by atoms with Crippen molar-refractivity contribution in [2.75, 3.05) is 6.61 Å². The smallest absolute Gasteiger partial charge is 0.182 e. The number of benzene rings is 1. The van der Waals surface area contributed by atoms with Gasteiger partial charge in [0.05, 0.1) is 0 Å². The molecule has 28 heavy (non-hydrogen) atoms. The molecule has 2 aromatic heterocycles. The van der Waals surface area contributed by atoms with Crippen molar-refractivity contribution in [3.8, 4) is 11.4 Å². The molecule has 7 heteroatoms. The van der Waals surface area contributed by atoms with Crippen molar-refractivity contribution in [1.82, 2.24) is 19.7 Å². The van der Waals surface area contributed by atoms with Crippen molar-refractivity contribution < 1.29 is 4.74 Å². The van der Waals surface area contributed by atoms with Crippen LogP contribution < -0.4 is 0 Å². The number of halogens is 1. The van der Waals surface area contributed by atoms with E-state index in [-0.39, 0.29) is 0 Å². The predicted octanol–water partition coefficient (Wildman–Crippen LogP) is 5.89. The summed E-state index contributed by atoms with van der Waals surface area (Å²) in [5.74, 6) is 1.92. The lowest BCUT2D eigenvalue weighted by Gasteiger charge is -2.15. The Labute approximate surface area is 173 Å².